The molecule has 0 atom stereocenters. The molecule has 0 unspecified atom stereocenters. The van der Waals surface area contributed by atoms with E-state index >= 15 is 4.39 Å². The molecule has 2 aliphatic rings. The molecule has 0 N–H and O–H groups in total. The number of carbonyl (C=O) groups is 1. The van der Waals surface area contributed by atoms with Gasteiger partial charge in [0, 0.05) is 24.4 Å². The third kappa shape index (κ3) is 5.35. The van der Waals surface area contributed by atoms with E-state index in [0.29, 0.717) is 38.9 Å². The number of benzene rings is 2. The van der Waals surface area contributed by atoms with Gasteiger partial charge in [-0.1, -0.05) is 30.3 Å². The number of amides is 1. The van der Waals surface area contributed by atoms with Gasteiger partial charge in [-0.25, -0.2) is 9.37 Å². The molecule has 1 aromatic heterocycles. The van der Waals surface area contributed by atoms with Gasteiger partial charge >= 0.3 is 6.18 Å². The van der Waals surface area contributed by atoms with Crippen LogP contribution < -0.4 is 14.5 Å². The fraction of sp³-hybridized carbons (Fsp3) is 0.310. The average Bonchev–Trinajstić information content (AvgIpc) is 3.17. The maximum atomic E-state index is 15.1. The maximum absolute atomic E-state index is 15.1. The van der Waals surface area contributed by atoms with E-state index in [-0.39, 0.29) is 23.2 Å². The fourth-order valence-corrected chi connectivity index (χ4v) is 5.51. The highest BCUT2D eigenvalue weighted by Gasteiger charge is 2.60. The number of thiocarbonyl (C=S) groups is 1. The quantitative estimate of drug-likeness (QED) is 0.169. The van der Waals surface area contributed by atoms with Gasteiger partial charge in [0.1, 0.15) is 17.2 Å². The van der Waals surface area contributed by atoms with Crippen LogP contribution in [-0.4, -0.2) is 34.8 Å². The van der Waals surface area contributed by atoms with Crippen molar-refractivity contribution in [3.63, 3.8) is 0 Å². The van der Waals surface area contributed by atoms with Crippen LogP contribution in [0.5, 0.6) is 5.75 Å². The molecule has 7 nitrogen and oxygen atoms in total. The molecule has 1 aliphatic heterocycles. The predicted octanol–water partition coefficient (Wildman–Crippen LogP) is 6.16. The first-order valence-corrected chi connectivity index (χ1v) is 13.3. The van der Waals surface area contributed by atoms with Crippen molar-refractivity contribution in [2.75, 3.05) is 23.0 Å². The number of alkyl halides is 3. The van der Waals surface area contributed by atoms with Gasteiger partial charge < -0.3 is 14.4 Å². The minimum absolute atomic E-state index is 0.0140. The van der Waals surface area contributed by atoms with Gasteiger partial charge in [0.25, 0.3) is 5.91 Å². The number of carbonyl (C=O) groups excluding carboxylic acids is 1. The van der Waals surface area contributed by atoms with Crippen molar-refractivity contribution in [1.29, 1.82) is 5.26 Å². The molecule has 3 aromatic rings. The summed E-state index contributed by atoms with van der Waals surface area (Å²) in [7, 11) is 0. The van der Waals surface area contributed by atoms with Crippen LogP contribution in [0.1, 0.15) is 42.5 Å². The minimum Gasteiger partial charge on any atom is -0.490 e. The van der Waals surface area contributed by atoms with Crippen LogP contribution in [-0.2, 0) is 22.3 Å². The number of hydrogen-bond acceptors (Lipinski definition) is 6. The van der Waals surface area contributed by atoms with Crippen LogP contribution in [0, 0.1) is 17.1 Å². The summed E-state index contributed by atoms with van der Waals surface area (Å²) in [5.74, 6) is -1.38. The Balaban J connectivity index is 1.32. The third-order valence-electron chi connectivity index (χ3n) is 7.13. The molecular weight excluding hydrogens is 560 g/mol. The third-order valence-corrected chi connectivity index (χ3v) is 7.49. The SMILES string of the molecule is N#Cc1nccc(N2C(=O)C3(CCC3)N(c3ccc(OCCCOCc4ccccc4)c(F)c3)C2=S)c1C(F)(F)F. The minimum atomic E-state index is -4.97. The van der Waals surface area contributed by atoms with Crippen molar-refractivity contribution >= 4 is 34.6 Å². The Kier molecular flexibility index (Phi) is 7.93. The Morgan fingerprint density at radius 3 is 2.49 bits per heavy atom. The smallest absolute Gasteiger partial charge is 0.421 e. The van der Waals surface area contributed by atoms with Crippen LogP contribution in [0.3, 0.4) is 0 Å². The Labute approximate surface area is 238 Å². The molecular formula is C29H24F4N4O3S. The molecule has 1 spiro atoms. The Hall–Kier alpha value is -4.08. The number of aromatic nitrogens is 1. The van der Waals surface area contributed by atoms with E-state index in [1.807, 2.05) is 30.3 Å². The van der Waals surface area contributed by atoms with Crippen molar-refractivity contribution in [2.24, 2.45) is 0 Å². The molecule has 1 aliphatic carbocycles. The van der Waals surface area contributed by atoms with Gasteiger partial charge in [-0.15, -0.1) is 0 Å². The second-order valence-electron chi connectivity index (χ2n) is 9.66. The molecule has 2 fully saturated rings. The lowest BCUT2D eigenvalue weighted by Crippen LogP contribution is -2.55. The molecule has 2 heterocycles. The molecule has 1 saturated heterocycles. The Morgan fingerprint density at radius 2 is 1.85 bits per heavy atom. The Morgan fingerprint density at radius 1 is 1.10 bits per heavy atom. The monoisotopic (exact) mass is 584 g/mol. The van der Waals surface area contributed by atoms with Gasteiger partial charge in [-0.05, 0) is 55.2 Å². The van der Waals surface area contributed by atoms with Gasteiger partial charge in [-0.2, -0.15) is 18.4 Å². The first-order valence-electron chi connectivity index (χ1n) is 12.9. The molecule has 0 bridgehead atoms. The molecule has 0 radical (unpaired) electrons. The van der Waals surface area contributed by atoms with Crippen molar-refractivity contribution in [3.05, 3.63) is 83.4 Å². The summed E-state index contributed by atoms with van der Waals surface area (Å²) < 4.78 is 68.3. The van der Waals surface area contributed by atoms with Gasteiger partial charge in [0.05, 0.1) is 25.5 Å². The van der Waals surface area contributed by atoms with E-state index in [1.54, 1.807) is 0 Å². The van der Waals surface area contributed by atoms with E-state index in [0.717, 1.165) is 28.8 Å². The number of nitriles is 1. The predicted molar refractivity (Wildman–Crippen MR) is 146 cm³/mol. The van der Waals surface area contributed by atoms with Crippen LogP contribution in [0.15, 0.2) is 60.8 Å². The fourth-order valence-electron chi connectivity index (χ4n) is 5.05. The van der Waals surface area contributed by atoms with Crippen molar-refractivity contribution in [3.8, 4) is 11.8 Å². The lowest BCUT2D eigenvalue weighted by atomic mass is 9.75. The normalized spacial score (nSPS) is 16.2. The zero-order valence-corrected chi connectivity index (χ0v) is 22.5. The van der Waals surface area contributed by atoms with Crippen molar-refractivity contribution in [2.45, 2.75) is 44.0 Å². The van der Waals surface area contributed by atoms with E-state index < -0.39 is 40.4 Å². The summed E-state index contributed by atoms with van der Waals surface area (Å²) >= 11 is 5.53. The standard InChI is InChI=1S/C29H24F4N4O3S/c30-21-16-20(8-9-24(21)40-15-5-14-39-18-19-6-2-1-3-7-19)37-27(41)36(26(38)28(37)11-4-12-28)23-10-13-35-22(17-34)25(23)29(31,32)33/h1-3,6-10,13,16H,4-5,11-12,14-15,18H2. The van der Waals surface area contributed by atoms with E-state index in [4.69, 9.17) is 21.7 Å². The summed E-state index contributed by atoms with van der Waals surface area (Å²) in [6.45, 7) is 1.07. The molecule has 12 heteroatoms. The molecule has 1 amide bonds. The second-order valence-corrected chi connectivity index (χ2v) is 10.0. The maximum Gasteiger partial charge on any atom is 0.421 e. The van der Waals surface area contributed by atoms with Crippen LogP contribution in [0.25, 0.3) is 0 Å². The highest BCUT2D eigenvalue weighted by molar-refractivity contribution is 7.81. The first kappa shape index (κ1) is 28.4. The number of hydrogen-bond donors (Lipinski definition) is 0. The van der Waals surface area contributed by atoms with Crippen LogP contribution >= 0.6 is 12.2 Å². The lowest BCUT2D eigenvalue weighted by molar-refractivity contribution is -0.137. The van der Waals surface area contributed by atoms with Gasteiger partial charge in [-0.3, -0.25) is 9.69 Å². The summed E-state index contributed by atoms with van der Waals surface area (Å²) in [5.41, 5.74) is -2.80. The zero-order valence-electron chi connectivity index (χ0n) is 21.7. The number of halogens is 4. The van der Waals surface area contributed by atoms with Gasteiger partial charge in [0.2, 0.25) is 0 Å². The topological polar surface area (TPSA) is 78.7 Å². The molecule has 212 valence electrons. The summed E-state index contributed by atoms with van der Waals surface area (Å²) in [6, 6.07) is 16.2. The highest BCUT2D eigenvalue weighted by Crippen LogP contribution is 2.50. The van der Waals surface area contributed by atoms with E-state index in [9.17, 15) is 23.2 Å². The summed E-state index contributed by atoms with van der Waals surface area (Å²) in [5, 5.41) is 9.02. The van der Waals surface area contributed by atoms with Gasteiger partial charge in [0.15, 0.2) is 22.4 Å². The van der Waals surface area contributed by atoms with Crippen molar-refractivity contribution in [1.82, 2.24) is 4.98 Å². The largest absolute Gasteiger partial charge is 0.490 e. The number of pyridine rings is 1. The summed E-state index contributed by atoms with van der Waals surface area (Å²) in [4.78, 5) is 19.4. The number of nitrogens with zero attached hydrogens (tertiary/aromatic N) is 4. The average molecular weight is 585 g/mol. The molecule has 2 aromatic carbocycles. The Bertz CT molecular complexity index is 1510. The second kappa shape index (κ2) is 11.4. The number of rotatable bonds is 9. The number of anilines is 2. The van der Waals surface area contributed by atoms with E-state index in [2.05, 4.69) is 4.98 Å². The lowest BCUT2D eigenvalue weighted by Gasteiger charge is -2.43. The van der Waals surface area contributed by atoms with Crippen LogP contribution in [0.4, 0.5) is 28.9 Å². The first-order chi connectivity index (χ1) is 19.7. The molecule has 5 rings (SSSR count). The molecule has 1 saturated carbocycles. The van der Waals surface area contributed by atoms with Crippen LogP contribution in [0.2, 0.25) is 0 Å². The summed E-state index contributed by atoms with van der Waals surface area (Å²) in [6.07, 6.45) is -2.14. The zero-order chi connectivity index (χ0) is 29.2. The van der Waals surface area contributed by atoms with Crippen molar-refractivity contribution < 1.29 is 31.8 Å². The molecule has 41 heavy (non-hydrogen) atoms. The highest BCUT2D eigenvalue weighted by atomic mass is 32.1. The van der Waals surface area contributed by atoms with E-state index in [1.165, 1.54) is 23.1 Å². The number of ether oxygens (including phenoxy) is 2.